The number of rotatable bonds is 6. The van der Waals surface area contributed by atoms with Gasteiger partial charge in [0, 0.05) is 18.1 Å². The Morgan fingerprint density at radius 2 is 1.83 bits per heavy atom. The first-order valence-electron chi connectivity index (χ1n) is 9.51. The van der Waals surface area contributed by atoms with Crippen molar-refractivity contribution in [2.75, 3.05) is 7.11 Å². The normalized spacial score (nSPS) is 11.6. The van der Waals surface area contributed by atoms with Crippen molar-refractivity contribution >= 4 is 12.0 Å². The van der Waals surface area contributed by atoms with E-state index in [1.54, 1.807) is 13.2 Å². The Bertz CT molecular complexity index is 995. The molecule has 0 fully saturated rings. The molecule has 3 rings (SSSR count). The number of hydrogen-bond acceptors (Lipinski definition) is 4. The van der Waals surface area contributed by atoms with Crippen LogP contribution in [0.4, 0.5) is 0 Å². The standard InChI is InChI=1S/C24H26N2O3/c1-24(2,3)29-23(27)14-13-17-9-11-18(12-10-17)15-22-25-16-20(26-22)19-7-5-6-8-21(19)28-4/h5-14,16H,15H2,1-4H3,(H,25,26)/b14-13+. The van der Waals surface area contributed by atoms with Gasteiger partial charge in [-0.25, -0.2) is 9.78 Å². The van der Waals surface area contributed by atoms with Crippen LogP contribution in [0.1, 0.15) is 37.7 Å². The van der Waals surface area contributed by atoms with Gasteiger partial charge >= 0.3 is 5.97 Å². The highest BCUT2D eigenvalue weighted by Crippen LogP contribution is 2.28. The van der Waals surface area contributed by atoms with Crippen LogP contribution in [-0.4, -0.2) is 28.6 Å². The van der Waals surface area contributed by atoms with Crippen LogP contribution in [0.25, 0.3) is 17.3 Å². The van der Waals surface area contributed by atoms with Gasteiger partial charge in [-0.2, -0.15) is 0 Å². The summed E-state index contributed by atoms with van der Waals surface area (Å²) in [6.45, 7) is 5.55. The highest BCUT2D eigenvalue weighted by Gasteiger charge is 2.13. The van der Waals surface area contributed by atoms with E-state index in [0.717, 1.165) is 34.0 Å². The van der Waals surface area contributed by atoms with Crippen molar-refractivity contribution in [3.8, 4) is 17.0 Å². The van der Waals surface area contributed by atoms with E-state index in [4.69, 9.17) is 9.47 Å². The van der Waals surface area contributed by atoms with Gasteiger partial charge in [0.2, 0.25) is 0 Å². The van der Waals surface area contributed by atoms with E-state index < -0.39 is 5.60 Å². The SMILES string of the molecule is COc1ccccc1-c1cnc(Cc2ccc(/C=C/C(=O)OC(C)(C)C)cc2)[nH]1. The molecule has 0 unspecified atom stereocenters. The molecule has 5 heteroatoms. The van der Waals surface area contributed by atoms with E-state index in [0.29, 0.717) is 6.42 Å². The largest absolute Gasteiger partial charge is 0.496 e. The third kappa shape index (κ3) is 5.82. The van der Waals surface area contributed by atoms with Crippen molar-refractivity contribution in [1.82, 2.24) is 9.97 Å². The molecule has 0 aliphatic rings. The third-order valence-corrected chi connectivity index (χ3v) is 4.20. The molecular formula is C24H26N2O3. The van der Waals surface area contributed by atoms with Crippen molar-refractivity contribution < 1.29 is 14.3 Å². The summed E-state index contributed by atoms with van der Waals surface area (Å²) in [5.41, 5.74) is 3.48. The lowest BCUT2D eigenvalue weighted by Crippen LogP contribution is -2.22. The first-order chi connectivity index (χ1) is 13.8. The Morgan fingerprint density at radius 3 is 2.52 bits per heavy atom. The number of H-pyrrole nitrogens is 1. The Kier molecular flexibility index (Phi) is 6.17. The molecule has 0 spiro atoms. The van der Waals surface area contributed by atoms with Crippen LogP contribution in [0.3, 0.4) is 0 Å². The molecule has 0 bridgehead atoms. The van der Waals surface area contributed by atoms with E-state index in [1.807, 2.05) is 75.5 Å². The van der Waals surface area contributed by atoms with Crippen molar-refractivity contribution in [3.63, 3.8) is 0 Å². The average molecular weight is 390 g/mol. The summed E-state index contributed by atoms with van der Waals surface area (Å²) in [4.78, 5) is 19.6. The lowest BCUT2D eigenvalue weighted by molar-refractivity contribution is -0.148. The molecule has 0 saturated heterocycles. The lowest BCUT2D eigenvalue weighted by Gasteiger charge is -2.17. The summed E-state index contributed by atoms with van der Waals surface area (Å²) >= 11 is 0. The molecule has 0 saturated carbocycles. The first kappa shape index (κ1) is 20.4. The maximum atomic E-state index is 11.8. The highest BCUT2D eigenvalue weighted by molar-refractivity contribution is 5.87. The molecule has 1 heterocycles. The molecule has 5 nitrogen and oxygen atoms in total. The Hall–Kier alpha value is -3.34. The Labute approximate surface area is 171 Å². The predicted octanol–water partition coefficient (Wildman–Crippen LogP) is 5.03. The quantitative estimate of drug-likeness (QED) is 0.473. The van der Waals surface area contributed by atoms with Crippen LogP contribution in [0, 0.1) is 0 Å². The minimum absolute atomic E-state index is 0.346. The molecule has 1 N–H and O–H groups in total. The summed E-state index contributed by atoms with van der Waals surface area (Å²) < 4.78 is 10.7. The number of carbonyl (C=O) groups excluding carboxylic acids is 1. The molecule has 0 amide bonds. The van der Waals surface area contributed by atoms with Gasteiger partial charge in [0.1, 0.15) is 17.2 Å². The third-order valence-electron chi connectivity index (χ3n) is 4.20. The Morgan fingerprint density at radius 1 is 1.10 bits per heavy atom. The number of para-hydroxylation sites is 1. The molecule has 0 aliphatic carbocycles. The number of aromatic amines is 1. The monoisotopic (exact) mass is 390 g/mol. The van der Waals surface area contributed by atoms with Gasteiger partial charge in [0.25, 0.3) is 0 Å². The van der Waals surface area contributed by atoms with Gasteiger partial charge < -0.3 is 14.5 Å². The zero-order chi connectivity index (χ0) is 20.9. The first-order valence-corrected chi connectivity index (χ1v) is 9.51. The molecule has 0 aliphatic heterocycles. The molecule has 0 atom stereocenters. The fourth-order valence-corrected chi connectivity index (χ4v) is 2.90. The summed E-state index contributed by atoms with van der Waals surface area (Å²) in [5.74, 6) is 1.34. The minimum atomic E-state index is -0.489. The van der Waals surface area contributed by atoms with Crippen LogP contribution >= 0.6 is 0 Å². The van der Waals surface area contributed by atoms with Gasteiger partial charge in [-0.3, -0.25) is 0 Å². The number of methoxy groups -OCH3 is 1. The summed E-state index contributed by atoms with van der Waals surface area (Å²) in [7, 11) is 1.66. The molecule has 3 aromatic rings. The number of carbonyl (C=O) groups is 1. The maximum absolute atomic E-state index is 11.8. The van der Waals surface area contributed by atoms with E-state index in [9.17, 15) is 4.79 Å². The zero-order valence-corrected chi connectivity index (χ0v) is 17.2. The summed E-state index contributed by atoms with van der Waals surface area (Å²) in [6, 6.07) is 15.8. The minimum Gasteiger partial charge on any atom is -0.496 e. The van der Waals surface area contributed by atoms with Crippen LogP contribution in [0.2, 0.25) is 0 Å². The van der Waals surface area contributed by atoms with Crippen molar-refractivity contribution in [3.05, 3.63) is 77.8 Å². The second-order valence-corrected chi connectivity index (χ2v) is 7.73. The van der Waals surface area contributed by atoms with Crippen LogP contribution < -0.4 is 4.74 Å². The Balaban J connectivity index is 1.65. The average Bonchev–Trinajstić information content (AvgIpc) is 3.14. The fourth-order valence-electron chi connectivity index (χ4n) is 2.90. The number of nitrogens with zero attached hydrogens (tertiary/aromatic N) is 1. The van der Waals surface area contributed by atoms with Crippen LogP contribution in [-0.2, 0) is 16.0 Å². The predicted molar refractivity (Wildman–Crippen MR) is 115 cm³/mol. The zero-order valence-electron chi connectivity index (χ0n) is 17.2. The smallest absolute Gasteiger partial charge is 0.331 e. The van der Waals surface area contributed by atoms with Gasteiger partial charge in [-0.15, -0.1) is 0 Å². The number of aromatic nitrogens is 2. The number of benzene rings is 2. The van der Waals surface area contributed by atoms with Crippen molar-refractivity contribution in [1.29, 1.82) is 0 Å². The van der Waals surface area contributed by atoms with Crippen molar-refractivity contribution in [2.45, 2.75) is 32.8 Å². The molecule has 29 heavy (non-hydrogen) atoms. The topological polar surface area (TPSA) is 64.2 Å². The molecule has 2 aromatic carbocycles. The maximum Gasteiger partial charge on any atom is 0.331 e. The number of nitrogens with one attached hydrogen (secondary N) is 1. The van der Waals surface area contributed by atoms with E-state index >= 15 is 0 Å². The second kappa shape index (κ2) is 8.78. The molecule has 1 aromatic heterocycles. The number of esters is 1. The fraction of sp³-hybridized carbons (Fsp3) is 0.250. The summed E-state index contributed by atoms with van der Waals surface area (Å²) in [5, 5.41) is 0. The second-order valence-electron chi connectivity index (χ2n) is 7.73. The van der Waals surface area contributed by atoms with Gasteiger partial charge in [-0.1, -0.05) is 36.4 Å². The van der Waals surface area contributed by atoms with Crippen LogP contribution in [0.15, 0.2) is 60.8 Å². The number of ether oxygens (including phenoxy) is 2. The van der Waals surface area contributed by atoms with Crippen molar-refractivity contribution in [2.24, 2.45) is 0 Å². The van der Waals surface area contributed by atoms with E-state index in [-0.39, 0.29) is 5.97 Å². The van der Waals surface area contributed by atoms with Gasteiger partial charge in [-0.05, 0) is 50.1 Å². The molecule has 0 radical (unpaired) electrons. The number of imidazole rings is 1. The molecular weight excluding hydrogens is 364 g/mol. The lowest BCUT2D eigenvalue weighted by atomic mass is 10.1. The molecule has 150 valence electrons. The van der Waals surface area contributed by atoms with Gasteiger partial charge in [0.05, 0.1) is 19.0 Å². The van der Waals surface area contributed by atoms with E-state index in [1.165, 1.54) is 6.08 Å². The van der Waals surface area contributed by atoms with Gasteiger partial charge in [0.15, 0.2) is 0 Å². The number of hydrogen-bond donors (Lipinski definition) is 1. The van der Waals surface area contributed by atoms with E-state index in [2.05, 4.69) is 9.97 Å². The van der Waals surface area contributed by atoms with Crippen LogP contribution in [0.5, 0.6) is 5.75 Å². The highest BCUT2D eigenvalue weighted by atomic mass is 16.6. The summed E-state index contributed by atoms with van der Waals surface area (Å²) in [6.07, 6.45) is 5.72.